The molecule has 1 aromatic heterocycles. The fraction of sp³-hybridized carbons (Fsp3) is 0.125. The normalized spacial score (nSPS) is 11.8. The fourth-order valence-corrected chi connectivity index (χ4v) is 2.30. The van der Waals surface area contributed by atoms with Crippen molar-refractivity contribution >= 4 is 16.6 Å². The van der Waals surface area contributed by atoms with Gasteiger partial charge < -0.3 is 15.5 Å². The zero-order valence-electron chi connectivity index (χ0n) is 11.4. The monoisotopic (exact) mass is 306 g/mol. The Balaban J connectivity index is 1.87. The second-order valence-electron chi connectivity index (χ2n) is 4.90. The summed E-state index contributed by atoms with van der Waals surface area (Å²) in [6.07, 6.45) is -2.73. The highest BCUT2D eigenvalue weighted by molar-refractivity contribution is 5.85. The van der Waals surface area contributed by atoms with Crippen molar-refractivity contribution in [1.82, 2.24) is 4.98 Å². The number of hydrogen-bond donors (Lipinski definition) is 2. The van der Waals surface area contributed by atoms with E-state index >= 15 is 0 Å². The summed E-state index contributed by atoms with van der Waals surface area (Å²) in [5.74, 6) is -0.187. The molecule has 3 rings (SSSR count). The van der Waals surface area contributed by atoms with Crippen LogP contribution in [0.1, 0.15) is 11.1 Å². The van der Waals surface area contributed by atoms with Crippen molar-refractivity contribution < 1.29 is 17.9 Å². The Labute approximate surface area is 124 Å². The molecule has 0 saturated heterocycles. The van der Waals surface area contributed by atoms with E-state index in [2.05, 4.69) is 4.98 Å². The standard InChI is InChI=1S/C16H13F3N2O/c17-16(18,19)13-3-1-2-4-15(13)22-9-10-8-21-14-6-5-11(20)7-12(10)14/h1-8,21H,9,20H2. The second-order valence-corrected chi connectivity index (χ2v) is 4.90. The molecule has 6 heteroatoms. The molecule has 3 N–H and O–H groups in total. The minimum Gasteiger partial charge on any atom is -0.488 e. The molecule has 22 heavy (non-hydrogen) atoms. The van der Waals surface area contributed by atoms with E-state index in [1.54, 1.807) is 18.3 Å². The highest BCUT2D eigenvalue weighted by Crippen LogP contribution is 2.36. The third-order valence-corrected chi connectivity index (χ3v) is 3.37. The predicted octanol–water partition coefficient (Wildman–Crippen LogP) is 4.35. The molecule has 0 aliphatic carbocycles. The van der Waals surface area contributed by atoms with Gasteiger partial charge in [-0.1, -0.05) is 12.1 Å². The molecular formula is C16H13F3N2O. The number of alkyl halides is 3. The van der Waals surface area contributed by atoms with Crippen LogP contribution in [0.4, 0.5) is 18.9 Å². The average Bonchev–Trinajstić information content (AvgIpc) is 2.87. The number of ether oxygens (including phenoxy) is 1. The number of fused-ring (bicyclic) bond motifs is 1. The maximum atomic E-state index is 12.9. The summed E-state index contributed by atoms with van der Waals surface area (Å²) in [6.45, 7) is 0.0244. The molecule has 0 amide bonds. The van der Waals surface area contributed by atoms with Gasteiger partial charge in [0.15, 0.2) is 0 Å². The van der Waals surface area contributed by atoms with Gasteiger partial charge in [0, 0.05) is 28.4 Å². The van der Waals surface area contributed by atoms with Crippen LogP contribution in [0.15, 0.2) is 48.7 Å². The van der Waals surface area contributed by atoms with E-state index in [0.29, 0.717) is 5.69 Å². The van der Waals surface area contributed by atoms with Gasteiger partial charge >= 0.3 is 6.18 Å². The molecule has 0 bridgehead atoms. The first-order chi connectivity index (χ1) is 10.4. The topological polar surface area (TPSA) is 51.0 Å². The van der Waals surface area contributed by atoms with Gasteiger partial charge in [-0.2, -0.15) is 13.2 Å². The lowest BCUT2D eigenvalue weighted by atomic mass is 10.1. The average molecular weight is 306 g/mol. The molecule has 0 aliphatic heterocycles. The van der Waals surface area contributed by atoms with E-state index < -0.39 is 11.7 Å². The summed E-state index contributed by atoms with van der Waals surface area (Å²) in [5, 5.41) is 0.837. The molecule has 0 spiro atoms. The van der Waals surface area contributed by atoms with Crippen molar-refractivity contribution in [2.24, 2.45) is 0 Å². The highest BCUT2D eigenvalue weighted by Gasteiger charge is 2.34. The van der Waals surface area contributed by atoms with Crippen molar-refractivity contribution in [2.75, 3.05) is 5.73 Å². The van der Waals surface area contributed by atoms with Crippen LogP contribution >= 0.6 is 0 Å². The van der Waals surface area contributed by atoms with Crippen LogP contribution < -0.4 is 10.5 Å². The Morgan fingerprint density at radius 2 is 1.86 bits per heavy atom. The molecule has 114 valence electrons. The molecule has 1 heterocycles. The van der Waals surface area contributed by atoms with E-state index in [9.17, 15) is 13.2 Å². The number of benzene rings is 2. The molecule has 3 aromatic rings. The number of aromatic amines is 1. The maximum Gasteiger partial charge on any atom is 0.419 e. The largest absolute Gasteiger partial charge is 0.488 e. The molecule has 0 atom stereocenters. The van der Waals surface area contributed by atoms with E-state index in [1.807, 2.05) is 6.07 Å². The molecule has 0 unspecified atom stereocenters. The number of hydrogen-bond acceptors (Lipinski definition) is 2. The first kappa shape index (κ1) is 14.3. The maximum absolute atomic E-state index is 12.9. The van der Waals surface area contributed by atoms with Gasteiger partial charge in [-0.15, -0.1) is 0 Å². The molecule has 0 saturated carbocycles. The number of H-pyrrole nitrogens is 1. The third-order valence-electron chi connectivity index (χ3n) is 3.37. The van der Waals surface area contributed by atoms with Gasteiger partial charge in [0.05, 0.1) is 5.56 Å². The van der Waals surface area contributed by atoms with E-state index in [0.717, 1.165) is 22.5 Å². The van der Waals surface area contributed by atoms with Gasteiger partial charge in [-0.05, 0) is 30.3 Å². The van der Waals surface area contributed by atoms with Crippen molar-refractivity contribution in [3.63, 3.8) is 0 Å². The summed E-state index contributed by atoms with van der Waals surface area (Å²) in [5.41, 5.74) is 7.15. The SMILES string of the molecule is Nc1ccc2[nH]cc(COc3ccccc3C(F)(F)F)c2c1. The summed E-state index contributed by atoms with van der Waals surface area (Å²) in [4.78, 5) is 3.04. The lowest BCUT2D eigenvalue weighted by Crippen LogP contribution is -2.08. The van der Waals surface area contributed by atoms with E-state index in [-0.39, 0.29) is 12.4 Å². The zero-order chi connectivity index (χ0) is 15.7. The number of para-hydroxylation sites is 1. The molecular weight excluding hydrogens is 293 g/mol. The summed E-state index contributed by atoms with van der Waals surface area (Å²) in [7, 11) is 0. The number of aromatic nitrogens is 1. The van der Waals surface area contributed by atoms with Crippen molar-refractivity contribution in [1.29, 1.82) is 0 Å². The van der Waals surface area contributed by atoms with E-state index in [4.69, 9.17) is 10.5 Å². The lowest BCUT2D eigenvalue weighted by molar-refractivity contribution is -0.139. The van der Waals surface area contributed by atoms with Gasteiger partial charge in [0.1, 0.15) is 12.4 Å². The van der Waals surface area contributed by atoms with Crippen LogP contribution in [0, 0.1) is 0 Å². The van der Waals surface area contributed by atoms with E-state index in [1.165, 1.54) is 18.2 Å². The van der Waals surface area contributed by atoms with Crippen molar-refractivity contribution in [2.45, 2.75) is 12.8 Å². The van der Waals surface area contributed by atoms with Crippen LogP contribution in [-0.2, 0) is 12.8 Å². The zero-order valence-corrected chi connectivity index (χ0v) is 11.4. The first-order valence-electron chi connectivity index (χ1n) is 6.59. The summed E-state index contributed by atoms with van der Waals surface area (Å²) < 4.78 is 44.1. The highest BCUT2D eigenvalue weighted by atomic mass is 19.4. The number of halogens is 3. The molecule has 2 aromatic carbocycles. The summed E-state index contributed by atoms with van der Waals surface area (Å²) in [6, 6.07) is 10.5. The van der Waals surface area contributed by atoms with Gasteiger partial charge in [0.2, 0.25) is 0 Å². The van der Waals surface area contributed by atoms with Crippen LogP contribution in [-0.4, -0.2) is 4.98 Å². The van der Waals surface area contributed by atoms with Gasteiger partial charge in [-0.3, -0.25) is 0 Å². The molecule has 0 fully saturated rings. The van der Waals surface area contributed by atoms with Gasteiger partial charge in [-0.25, -0.2) is 0 Å². The number of nitrogens with one attached hydrogen (secondary N) is 1. The lowest BCUT2D eigenvalue weighted by Gasteiger charge is -2.13. The number of rotatable bonds is 3. The number of nitrogen functional groups attached to an aromatic ring is 1. The molecule has 3 nitrogen and oxygen atoms in total. The number of anilines is 1. The molecule has 0 aliphatic rings. The fourth-order valence-electron chi connectivity index (χ4n) is 2.30. The Morgan fingerprint density at radius 3 is 2.64 bits per heavy atom. The van der Waals surface area contributed by atoms with Crippen LogP contribution in [0.2, 0.25) is 0 Å². The van der Waals surface area contributed by atoms with Crippen LogP contribution in [0.25, 0.3) is 10.9 Å². The number of nitrogens with two attached hydrogens (primary N) is 1. The Kier molecular flexibility index (Phi) is 3.44. The van der Waals surface area contributed by atoms with Crippen LogP contribution in [0.3, 0.4) is 0 Å². The smallest absolute Gasteiger partial charge is 0.419 e. The van der Waals surface area contributed by atoms with Gasteiger partial charge in [0.25, 0.3) is 0 Å². The minimum absolute atomic E-state index is 0.0244. The Morgan fingerprint density at radius 1 is 1.09 bits per heavy atom. The van der Waals surface area contributed by atoms with Crippen molar-refractivity contribution in [3.8, 4) is 5.75 Å². The third kappa shape index (κ3) is 2.72. The summed E-state index contributed by atoms with van der Waals surface area (Å²) >= 11 is 0. The molecule has 0 radical (unpaired) electrons. The first-order valence-corrected chi connectivity index (χ1v) is 6.59. The Hall–Kier alpha value is -2.63. The second kappa shape index (κ2) is 5.29. The van der Waals surface area contributed by atoms with Crippen molar-refractivity contribution in [3.05, 3.63) is 59.8 Å². The minimum atomic E-state index is -4.44. The predicted molar refractivity (Wildman–Crippen MR) is 78.5 cm³/mol. The quantitative estimate of drug-likeness (QED) is 0.707. The van der Waals surface area contributed by atoms with Crippen LogP contribution in [0.5, 0.6) is 5.75 Å². The Bertz CT molecular complexity index is 809.